The summed E-state index contributed by atoms with van der Waals surface area (Å²) in [6.45, 7) is 10.0. The molecular weight excluding hydrogens is 330 g/mol. The van der Waals surface area contributed by atoms with E-state index >= 15 is 0 Å². The van der Waals surface area contributed by atoms with E-state index in [2.05, 4.69) is 76.2 Å². The summed E-state index contributed by atoms with van der Waals surface area (Å²) in [5.74, 6) is 0.831. The molecule has 0 aliphatic carbocycles. The first-order valence-corrected chi connectivity index (χ1v) is 10.0. The molecule has 2 rings (SSSR count). The van der Waals surface area contributed by atoms with Crippen molar-refractivity contribution in [3.8, 4) is 0 Å². The van der Waals surface area contributed by atoms with Gasteiger partial charge in [-0.2, -0.15) is 0 Å². The lowest BCUT2D eigenvalue weighted by Crippen LogP contribution is -2.12. The van der Waals surface area contributed by atoms with Gasteiger partial charge in [0.25, 0.3) is 0 Å². The Morgan fingerprint density at radius 3 is 2.19 bits per heavy atom. The standard InChI is InChI=1S/C25H33NO/c1-5-24(20(2)3)25(26-18-17-22-10-7-6-8-11-22)27-19-9-12-23-15-13-21(4)14-16-23/h6-8,10-11,13-16H,5,9,12,17-19H2,1-4H3. The molecule has 0 aromatic heterocycles. The number of allylic oxidation sites excluding steroid dienone is 1. The summed E-state index contributed by atoms with van der Waals surface area (Å²) in [5.41, 5.74) is 6.51. The molecule has 0 N–H and O–H groups in total. The predicted octanol–water partition coefficient (Wildman–Crippen LogP) is 6.33. The maximum atomic E-state index is 6.13. The fourth-order valence-corrected chi connectivity index (χ4v) is 3.08. The topological polar surface area (TPSA) is 21.6 Å². The number of rotatable bonds is 9. The molecule has 0 amide bonds. The van der Waals surface area contributed by atoms with Crippen molar-refractivity contribution in [3.05, 3.63) is 82.4 Å². The third-order valence-corrected chi connectivity index (χ3v) is 4.68. The second-order valence-electron chi connectivity index (χ2n) is 7.19. The summed E-state index contributed by atoms with van der Waals surface area (Å²) >= 11 is 0. The quantitative estimate of drug-likeness (QED) is 0.290. The van der Waals surface area contributed by atoms with Crippen LogP contribution in [0.1, 0.15) is 50.3 Å². The maximum absolute atomic E-state index is 6.13. The molecule has 144 valence electrons. The molecule has 0 bridgehead atoms. The fourth-order valence-electron chi connectivity index (χ4n) is 3.08. The van der Waals surface area contributed by atoms with Crippen LogP contribution in [0.4, 0.5) is 0 Å². The first-order valence-electron chi connectivity index (χ1n) is 10.0. The van der Waals surface area contributed by atoms with Crippen LogP contribution in [-0.2, 0) is 17.6 Å². The van der Waals surface area contributed by atoms with Crippen LogP contribution < -0.4 is 0 Å². The Kier molecular flexibility index (Phi) is 8.83. The zero-order valence-corrected chi connectivity index (χ0v) is 17.3. The summed E-state index contributed by atoms with van der Waals surface area (Å²) in [7, 11) is 0. The van der Waals surface area contributed by atoms with Crippen LogP contribution in [0.2, 0.25) is 0 Å². The molecule has 0 spiro atoms. The molecule has 27 heavy (non-hydrogen) atoms. The van der Waals surface area contributed by atoms with Crippen LogP contribution in [0, 0.1) is 6.92 Å². The lowest BCUT2D eigenvalue weighted by atomic mass is 10.1. The van der Waals surface area contributed by atoms with Gasteiger partial charge in [0.1, 0.15) is 0 Å². The van der Waals surface area contributed by atoms with E-state index in [1.165, 1.54) is 27.8 Å². The van der Waals surface area contributed by atoms with Crippen molar-refractivity contribution >= 4 is 5.90 Å². The summed E-state index contributed by atoms with van der Waals surface area (Å²) in [5, 5.41) is 0. The summed E-state index contributed by atoms with van der Waals surface area (Å²) < 4.78 is 6.13. The number of hydrogen-bond donors (Lipinski definition) is 0. The van der Waals surface area contributed by atoms with Gasteiger partial charge < -0.3 is 4.74 Å². The third-order valence-electron chi connectivity index (χ3n) is 4.68. The van der Waals surface area contributed by atoms with E-state index in [4.69, 9.17) is 9.73 Å². The van der Waals surface area contributed by atoms with E-state index < -0.39 is 0 Å². The molecule has 0 unspecified atom stereocenters. The van der Waals surface area contributed by atoms with E-state index in [1.54, 1.807) is 0 Å². The van der Waals surface area contributed by atoms with Crippen LogP contribution >= 0.6 is 0 Å². The van der Waals surface area contributed by atoms with Gasteiger partial charge in [-0.05, 0) is 57.6 Å². The van der Waals surface area contributed by atoms with Gasteiger partial charge in [0.2, 0.25) is 5.90 Å². The summed E-state index contributed by atoms with van der Waals surface area (Å²) in [4.78, 5) is 4.80. The Morgan fingerprint density at radius 2 is 1.56 bits per heavy atom. The van der Waals surface area contributed by atoms with Gasteiger partial charge in [-0.3, -0.25) is 4.99 Å². The van der Waals surface area contributed by atoms with Crippen LogP contribution in [0.3, 0.4) is 0 Å². The van der Waals surface area contributed by atoms with Crippen molar-refractivity contribution in [1.82, 2.24) is 0 Å². The van der Waals surface area contributed by atoms with Gasteiger partial charge in [0, 0.05) is 12.1 Å². The van der Waals surface area contributed by atoms with Crippen LogP contribution in [0.25, 0.3) is 0 Å². The molecule has 2 aromatic rings. The van der Waals surface area contributed by atoms with Gasteiger partial charge in [-0.15, -0.1) is 0 Å². The molecule has 0 saturated carbocycles. The highest BCUT2D eigenvalue weighted by atomic mass is 16.5. The highest BCUT2D eigenvalue weighted by molar-refractivity contribution is 5.94. The number of hydrogen-bond acceptors (Lipinski definition) is 2. The molecule has 2 aromatic carbocycles. The predicted molar refractivity (Wildman–Crippen MR) is 117 cm³/mol. The van der Waals surface area contributed by atoms with Crippen molar-refractivity contribution in [1.29, 1.82) is 0 Å². The number of ether oxygens (including phenoxy) is 1. The molecule has 0 atom stereocenters. The molecule has 0 fully saturated rings. The van der Waals surface area contributed by atoms with Gasteiger partial charge in [-0.25, -0.2) is 0 Å². The van der Waals surface area contributed by atoms with Crippen LogP contribution in [-0.4, -0.2) is 19.0 Å². The Bertz CT molecular complexity index is 738. The van der Waals surface area contributed by atoms with Crippen molar-refractivity contribution in [2.45, 2.75) is 53.4 Å². The summed E-state index contributed by atoms with van der Waals surface area (Å²) in [6.07, 6.45) is 3.93. The highest BCUT2D eigenvalue weighted by Crippen LogP contribution is 2.13. The van der Waals surface area contributed by atoms with Crippen LogP contribution in [0.5, 0.6) is 0 Å². The van der Waals surface area contributed by atoms with Crippen molar-refractivity contribution in [2.75, 3.05) is 13.2 Å². The molecule has 0 saturated heterocycles. The minimum absolute atomic E-state index is 0.703. The molecular formula is C25H33NO. The Hall–Kier alpha value is -2.35. The average Bonchev–Trinajstić information content (AvgIpc) is 2.67. The lowest BCUT2D eigenvalue weighted by Gasteiger charge is -2.14. The van der Waals surface area contributed by atoms with Crippen molar-refractivity contribution in [3.63, 3.8) is 0 Å². The normalized spacial score (nSPS) is 11.3. The largest absolute Gasteiger partial charge is 0.478 e. The zero-order chi connectivity index (χ0) is 19.5. The van der Waals surface area contributed by atoms with Gasteiger partial charge >= 0.3 is 0 Å². The molecule has 2 nitrogen and oxygen atoms in total. The Balaban J connectivity index is 1.92. The lowest BCUT2D eigenvalue weighted by molar-refractivity contribution is 0.296. The van der Waals surface area contributed by atoms with Crippen molar-refractivity contribution in [2.24, 2.45) is 4.99 Å². The van der Waals surface area contributed by atoms with E-state index in [1.807, 2.05) is 6.07 Å². The maximum Gasteiger partial charge on any atom is 0.211 e. The van der Waals surface area contributed by atoms with E-state index in [0.29, 0.717) is 6.61 Å². The van der Waals surface area contributed by atoms with Gasteiger partial charge in [-0.1, -0.05) is 72.7 Å². The SMILES string of the molecule is CCC(C(=NCCc1ccccc1)OCCCc1ccc(C)cc1)=C(C)C. The smallest absolute Gasteiger partial charge is 0.211 e. The first kappa shape index (κ1) is 21.0. The number of aryl methyl sites for hydroxylation is 2. The molecule has 2 heteroatoms. The minimum Gasteiger partial charge on any atom is -0.478 e. The molecule has 0 heterocycles. The van der Waals surface area contributed by atoms with Crippen LogP contribution in [0.15, 0.2) is 70.7 Å². The molecule has 0 aliphatic heterocycles. The monoisotopic (exact) mass is 363 g/mol. The number of benzene rings is 2. The zero-order valence-electron chi connectivity index (χ0n) is 17.3. The van der Waals surface area contributed by atoms with E-state index in [9.17, 15) is 0 Å². The average molecular weight is 364 g/mol. The third kappa shape index (κ3) is 7.42. The Labute approximate surface area is 165 Å². The first-order chi connectivity index (χ1) is 13.1. The second kappa shape index (κ2) is 11.4. The van der Waals surface area contributed by atoms with Crippen molar-refractivity contribution < 1.29 is 4.74 Å². The van der Waals surface area contributed by atoms with E-state index in [0.717, 1.165) is 38.1 Å². The molecule has 0 aliphatic rings. The Morgan fingerprint density at radius 1 is 0.889 bits per heavy atom. The summed E-state index contributed by atoms with van der Waals surface area (Å²) in [6, 6.07) is 19.3. The molecule has 0 radical (unpaired) electrons. The number of aliphatic imine (C=N–C) groups is 1. The fraction of sp³-hybridized carbons (Fsp3) is 0.400. The minimum atomic E-state index is 0.703. The highest BCUT2D eigenvalue weighted by Gasteiger charge is 2.09. The second-order valence-corrected chi connectivity index (χ2v) is 7.19. The van der Waals surface area contributed by atoms with E-state index in [-0.39, 0.29) is 0 Å². The number of nitrogens with zero attached hydrogens (tertiary/aromatic N) is 1. The van der Waals surface area contributed by atoms with Gasteiger partial charge in [0.15, 0.2) is 0 Å². The van der Waals surface area contributed by atoms with Gasteiger partial charge in [0.05, 0.1) is 6.61 Å².